The average Bonchev–Trinajstić information content (AvgIpc) is 3.23. The molecule has 0 fully saturated rings. The third-order valence-electron chi connectivity index (χ3n) is 5.33. The Morgan fingerprint density at radius 1 is 1.06 bits per heavy atom. The van der Waals surface area contributed by atoms with E-state index in [2.05, 4.69) is 20.3 Å². The number of ether oxygens (including phenoxy) is 1. The second-order valence-corrected chi connectivity index (χ2v) is 7.77. The van der Waals surface area contributed by atoms with Crippen LogP contribution in [-0.2, 0) is 16.1 Å². The number of fused-ring (bicyclic) bond motifs is 1. The number of rotatable bonds is 5. The molecule has 2 aromatic carbocycles. The first-order valence-electron chi connectivity index (χ1n) is 10.3. The molecule has 9 nitrogen and oxygen atoms in total. The third-order valence-corrected chi connectivity index (χ3v) is 5.33. The molecule has 4 aromatic rings. The molecule has 0 spiro atoms. The zero-order chi connectivity index (χ0) is 23.7. The first kappa shape index (κ1) is 21.9. The van der Waals surface area contributed by atoms with Crippen molar-refractivity contribution in [2.75, 3.05) is 12.4 Å². The fourth-order valence-electron chi connectivity index (χ4n) is 3.70. The van der Waals surface area contributed by atoms with Gasteiger partial charge in [0.05, 0.1) is 30.3 Å². The summed E-state index contributed by atoms with van der Waals surface area (Å²) in [4.78, 5) is 37.4. The van der Waals surface area contributed by atoms with E-state index in [0.29, 0.717) is 27.8 Å². The minimum atomic E-state index is -0.465. The Balaban J connectivity index is 1.64. The van der Waals surface area contributed by atoms with Crippen LogP contribution in [0.3, 0.4) is 0 Å². The van der Waals surface area contributed by atoms with Crippen molar-refractivity contribution in [2.45, 2.75) is 27.3 Å². The monoisotopic (exact) mass is 445 g/mol. The van der Waals surface area contributed by atoms with E-state index < -0.39 is 17.4 Å². The molecule has 0 bridgehead atoms. The van der Waals surface area contributed by atoms with Crippen LogP contribution in [0.2, 0.25) is 0 Å². The van der Waals surface area contributed by atoms with Crippen LogP contribution in [0.15, 0.2) is 53.5 Å². The van der Waals surface area contributed by atoms with Crippen LogP contribution in [0.1, 0.15) is 27.2 Å². The summed E-state index contributed by atoms with van der Waals surface area (Å²) in [5, 5.41) is 12.1. The SMILES string of the molecule is COC(=O)c1ccc(NC(=O)Cn2nc(C)c3cnn(-c4ccc(C)cc4C)c3c2=O)cc1. The van der Waals surface area contributed by atoms with Crippen LogP contribution in [0.25, 0.3) is 16.6 Å². The number of carbonyl (C=O) groups excluding carboxylic acids is 2. The van der Waals surface area contributed by atoms with E-state index in [1.807, 2.05) is 32.0 Å². The number of carbonyl (C=O) groups is 2. The molecule has 0 saturated carbocycles. The van der Waals surface area contributed by atoms with Gasteiger partial charge in [-0.05, 0) is 56.7 Å². The maximum absolute atomic E-state index is 13.3. The van der Waals surface area contributed by atoms with E-state index in [9.17, 15) is 14.4 Å². The molecular weight excluding hydrogens is 422 g/mol. The molecule has 0 radical (unpaired) electrons. The van der Waals surface area contributed by atoms with Gasteiger partial charge in [-0.15, -0.1) is 0 Å². The Morgan fingerprint density at radius 3 is 2.45 bits per heavy atom. The number of nitrogens with one attached hydrogen (secondary N) is 1. The number of amides is 1. The van der Waals surface area contributed by atoms with Crippen LogP contribution in [0.4, 0.5) is 5.69 Å². The van der Waals surface area contributed by atoms with Gasteiger partial charge in [-0.25, -0.2) is 14.2 Å². The Hall–Kier alpha value is -4.27. The summed E-state index contributed by atoms with van der Waals surface area (Å²) in [5.41, 5.74) is 4.28. The second kappa shape index (κ2) is 8.70. The summed E-state index contributed by atoms with van der Waals surface area (Å²) in [7, 11) is 1.30. The van der Waals surface area contributed by atoms with Crippen molar-refractivity contribution < 1.29 is 14.3 Å². The molecule has 0 saturated heterocycles. The number of aryl methyl sites for hydroxylation is 3. The predicted molar refractivity (Wildman–Crippen MR) is 124 cm³/mol. The largest absolute Gasteiger partial charge is 0.465 e. The number of benzene rings is 2. The first-order valence-corrected chi connectivity index (χ1v) is 10.3. The number of anilines is 1. The van der Waals surface area contributed by atoms with E-state index in [4.69, 9.17) is 0 Å². The summed E-state index contributed by atoms with van der Waals surface area (Å²) >= 11 is 0. The molecule has 0 unspecified atom stereocenters. The predicted octanol–water partition coefficient (Wildman–Crippen LogP) is 2.93. The highest BCUT2D eigenvalue weighted by molar-refractivity contribution is 5.93. The van der Waals surface area contributed by atoms with Crippen molar-refractivity contribution in [3.8, 4) is 5.69 Å². The van der Waals surface area contributed by atoms with Crippen molar-refractivity contribution in [1.82, 2.24) is 19.6 Å². The van der Waals surface area contributed by atoms with Crippen molar-refractivity contribution in [3.63, 3.8) is 0 Å². The summed E-state index contributed by atoms with van der Waals surface area (Å²) in [6.07, 6.45) is 1.62. The minimum Gasteiger partial charge on any atom is -0.465 e. The molecule has 1 N–H and O–H groups in total. The van der Waals surface area contributed by atoms with Gasteiger partial charge in [-0.2, -0.15) is 10.2 Å². The van der Waals surface area contributed by atoms with Crippen molar-refractivity contribution in [2.24, 2.45) is 0 Å². The number of hydrogen-bond acceptors (Lipinski definition) is 6. The first-order chi connectivity index (χ1) is 15.8. The van der Waals surface area contributed by atoms with Crippen LogP contribution in [-0.4, -0.2) is 38.5 Å². The van der Waals surface area contributed by atoms with Crippen LogP contribution < -0.4 is 10.9 Å². The molecule has 0 atom stereocenters. The van der Waals surface area contributed by atoms with Crippen molar-refractivity contribution in [3.05, 3.63) is 81.4 Å². The quantitative estimate of drug-likeness (QED) is 0.473. The summed E-state index contributed by atoms with van der Waals surface area (Å²) in [5.74, 6) is -0.889. The topological polar surface area (TPSA) is 108 Å². The van der Waals surface area contributed by atoms with E-state index >= 15 is 0 Å². The molecule has 0 aliphatic rings. The Kier molecular flexibility index (Phi) is 5.78. The smallest absolute Gasteiger partial charge is 0.337 e. The lowest BCUT2D eigenvalue weighted by atomic mass is 10.1. The molecule has 0 aliphatic heterocycles. The lowest BCUT2D eigenvalue weighted by Crippen LogP contribution is -2.31. The highest BCUT2D eigenvalue weighted by Crippen LogP contribution is 2.20. The fraction of sp³-hybridized carbons (Fsp3) is 0.208. The highest BCUT2D eigenvalue weighted by atomic mass is 16.5. The number of methoxy groups -OCH3 is 1. The lowest BCUT2D eigenvalue weighted by molar-refractivity contribution is -0.117. The Bertz CT molecular complexity index is 1430. The maximum Gasteiger partial charge on any atom is 0.337 e. The standard InChI is InChI=1S/C24H23N5O4/c1-14-5-10-20(15(2)11-14)29-22-19(12-25-29)16(3)27-28(23(22)31)13-21(30)26-18-8-6-17(7-9-18)24(32)33-4/h5-12H,13H2,1-4H3,(H,26,30). The second-order valence-electron chi connectivity index (χ2n) is 7.77. The van der Waals surface area contributed by atoms with Gasteiger partial charge in [0.2, 0.25) is 5.91 Å². The molecular formula is C24H23N5O4. The molecule has 0 aliphatic carbocycles. The fourth-order valence-corrected chi connectivity index (χ4v) is 3.70. The van der Waals surface area contributed by atoms with Crippen molar-refractivity contribution in [1.29, 1.82) is 0 Å². The summed E-state index contributed by atoms with van der Waals surface area (Å²) in [6, 6.07) is 12.2. The summed E-state index contributed by atoms with van der Waals surface area (Å²) in [6.45, 7) is 5.46. The molecule has 4 rings (SSSR count). The summed E-state index contributed by atoms with van der Waals surface area (Å²) < 4.78 is 7.40. The number of esters is 1. The molecule has 2 heterocycles. The minimum absolute atomic E-state index is 0.271. The zero-order valence-corrected chi connectivity index (χ0v) is 18.7. The van der Waals surface area contributed by atoms with E-state index in [-0.39, 0.29) is 6.54 Å². The number of nitrogens with zero attached hydrogens (tertiary/aromatic N) is 4. The van der Waals surface area contributed by atoms with Gasteiger partial charge in [0.1, 0.15) is 12.1 Å². The highest BCUT2D eigenvalue weighted by Gasteiger charge is 2.17. The van der Waals surface area contributed by atoms with Crippen LogP contribution in [0, 0.1) is 20.8 Å². The maximum atomic E-state index is 13.3. The lowest BCUT2D eigenvalue weighted by Gasteiger charge is -2.11. The van der Waals surface area contributed by atoms with Gasteiger partial charge in [-0.1, -0.05) is 17.7 Å². The average molecular weight is 445 g/mol. The van der Waals surface area contributed by atoms with Gasteiger partial charge < -0.3 is 10.1 Å². The van der Waals surface area contributed by atoms with Crippen LogP contribution in [0.5, 0.6) is 0 Å². The molecule has 9 heteroatoms. The van der Waals surface area contributed by atoms with Gasteiger partial charge in [0.15, 0.2) is 0 Å². The number of hydrogen-bond donors (Lipinski definition) is 1. The van der Waals surface area contributed by atoms with Gasteiger partial charge in [0, 0.05) is 11.1 Å². The molecule has 33 heavy (non-hydrogen) atoms. The van der Waals surface area contributed by atoms with E-state index in [0.717, 1.165) is 21.5 Å². The molecule has 1 amide bonds. The van der Waals surface area contributed by atoms with Gasteiger partial charge >= 0.3 is 5.97 Å². The normalized spacial score (nSPS) is 10.9. The Labute approximate surface area is 189 Å². The van der Waals surface area contributed by atoms with E-state index in [1.54, 1.807) is 42.1 Å². The third kappa shape index (κ3) is 4.25. The van der Waals surface area contributed by atoms with Gasteiger partial charge in [0.25, 0.3) is 5.56 Å². The van der Waals surface area contributed by atoms with Crippen LogP contribution >= 0.6 is 0 Å². The molecule has 168 valence electrons. The van der Waals surface area contributed by atoms with Crippen molar-refractivity contribution >= 4 is 28.5 Å². The zero-order valence-electron chi connectivity index (χ0n) is 18.7. The van der Waals surface area contributed by atoms with Gasteiger partial charge in [-0.3, -0.25) is 9.59 Å². The molecule has 2 aromatic heterocycles. The Morgan fingerprint density at radius 2 is 1.79 bits per heavy atom. The van der Waals surface area contributed by atoms with E-state index in [1.165, 1.54) is 7.11 Å². The number of aromatic nitrogens is 4.